The fraction of sp³-hybridized carbons (Fsp3) is 0.933. The summed E-state index contributed by atoms with van der Waals surface area (Å²) in [4.78, 5) is 7.25. The molecule has 0 saturated carbocycles. The van der Waals surface area contributed by atoms with E-state index in [0.717, 1.165) is 6.04 Å². The molecular formula is C15H30N3O+. The highest BCUT2D eigenvalue weighted by Gasteiger charge is 2.28. The van der Waals surface area contributed by atoms with Gasteiger partial charge in [-0.1, -0.05) is 5.16 Å². The van der Waals surface area contributed by atoms with Gasteiger partial charge in [0.05, 0.1) is 19.1 Å². The molecule has 0 radical (unpaired) electrons. The maximum absolute atomic E-state index is 5.43. The summed E-state index contributed by atoms with van der Waals surface area (Å²) in [6, 6.07) is 0.893. The molecule has 2 heterocycles. The van der Waals surface area contributed by atoms with Gasteiger partial charge >= 0.3 is 0 Å². The second kappa shape index (κ2) is 6.71. The zero-order valence-electron chi connectivity index (χ0n) is 12.7. The average molecular weight is 268 g/mol. The molecule has 2 aliphatic rings. The normalized spacial score (nSPS) is 30.7. The van der Waals surface area contributed by atoms with Crippen LogP contribution in [0, 0.1) is 5.92 Å². The lowest BCUT2D eigenvalue weighted by atomic mass is 9.95. The van der Waals surface area contributed by atoms with E-state index in [2.05, 4.69) is 10.5 Å². The number of hydrogen-bond donors (Lipinski definition) is 2. The summed E-state index contributed by atoms with van der Waals surface area (Å²) in [6.45, 7) is 11.1. The van der Waals surface area contributed by atoms with Crippen LogP contribution in [0.5, 0.6) is 0 Å². The molecule has 2 fully saturated rings. The van der Waals surface area contributed by atoms with Gasteiger partial charge < -0.3 is 15.1 Å². The molecule has 110 valence electrons. The van der Waals surface area contributed by atoms with Crippen LogP contribution in [0.3, 0.4) is 0 Å². The Bertz CT molecular complexity index is 284. The molecule has 0 atom stereocenters. The molecule has 0 aliphatic carbocycles. The van der Waals surface area contributed by atoms with Crippen LogP contribution in [0.1, 0.15) is 46.5 Å². The molecule has 0 bridgehead atoms. The first-order valence-electron chi connectivity index (χ1n) is 7.81. The van der Waals surface area contributed by atoms with Crippen molar-refractivity contribution in [3.8, 4) is 0 Å². The first-order chi connectivity index (χ1) is 9.04. The van der Waals surface area contributed by atoms with Gasteiger partial charge in [-0.05, 0) is 20.8 Å². The zero-order valence-corrected chi connectivity index (χ0v) is 12.7. The Hall–Kier alpha value is -0.610. The Labute approximate surface area is 117 Å². The molecule has 2 N–H and O–H groups in total. The Balaban J connectivity index is 1.70. The van der Waals surface area contributed by atoms with Crippen molar-refractivity contribution in [1.29, 1.82) is 0 Å². The lowest BCUT2D eigenvalue weighted by Gasteiger charge is -2.35. The summed E-state index contributed by atoms with van der Waals surface area (Å²) in [7, 11) is 0. The minimum Gasteiger partial charge on any atom is -0.390 e. The van der Waals surface area contributed by atoms with E-state index in [1.54, 1.807) is 0 Å². The lowest BCUT2D eigenvalue weighted by Crippen LogP contribution is -3.17. The van der Waals surface area contributed by atoms with Gasteiger partial charge in [-0.25, -0.2) is 0 Å². The fourth-order valence-electron chi connectivity index (χ4n) is 3.07. The third-order valence-electron chi connectivity index (χ3n) is 4.19. The number of hydrogen-bond acceptors (Lipinski definition) is 3. The second-order valence-corrected chi connectivity index (χ2v) is 6.98. The minimum atomic E-state index is -0.169. The number of rotatable bonds is 3. The Morgan fingerprint density at radius 2 is 1.74 bits per heavy atom. The van der Waals surface area contributed by atoms with E-state index < -0.39 is 0 Å². The molecule has 2 saturated heterocycles. The predicted molar refractivity (Wildman–Crippen MR) is 78.6 cm³/mol. The van der Waals surface area contributed by atoms with Crippen LogP contribution in [0.4, 0.5) is 0 Å². The standard InChI is InChI=1S/C15H29N3O/c1-15(2,3)19-17-12-13-6-10-18(11-7-13)14-4-8-16-9-5-14/h12-14,16H,4-11H2,1-3H3/p+1/b17-12+. The van der Waals surface area contributed by atoms with Gasteiger partial charge in [-0.15, -0.1) is 0 Å². The van der Waals surface area contributed by atoms with E-state index in [-0.39, 0.29) is 5.60 Å². The Morgan fingerprint density at radius 3 is 2.32 bits per heavy atom. The van der Waals surface area contributed by atoms with Crippen LogP contribution in [-0.4, -0.2) is 44.0 Å². The van der Waals surface area contributed by atoms with Crippen molar-refractivity contribution in [2.45, 2.75) is 58.1 Å². The van der Waals surface area contributed by atoms with Crippen LogP contribution in [0.15, 0.2) is 5.16 Å². The van der Waals surface area contributed by atoms with Crippen LogP contribution in [0.25, 0.3) is 0 Å². The van der Waals surface area contributed by atoms with Crippen molar-refractivity contribution in [3.05, 3.63) is 0 Å². The van der Waals surface area contributed by atoms with E-state index in [1.807, 2.05) is 31.9 Å². The molecule has 0 aromatic heterocycles. The van der Waals surface area contributed by atoms with Crippen LogP contribution < -0.4 is 10.2 Å². The maximum atomic E-state index is 5.43. The number of nitrogens with one attached hydrogen (secondary N) is 2. The van der Waals surface area contributed by atoms with Gasteiger partial charge in [-0.2, -0.15) is 0 Å². The molecule has 2 rings (SSSR count). The third-order valence-corrected chi connectivity index (χ3v) is 4.19. The Morgan fingerprint density at radius 1 is 1.11 bits per heavy atom. The number of piperidine rings is 2. The quantitative estimate of drug-likeness (QED) is 0.588. The largest absolute Gasteiger partial charge is 0.390 e. The first kappa shape index (κ1) is 14.8. The fourth-order valence-corrected chi connectivity index (χ4v) is 3.07. The van der Waals surface area contributed by atoms with E-state index >= 15 is 0 Å². The van der Waals surface area contributed by atoms with Gasteiger partial charge in [0.1, 0.15) is 5.60 Å². The van der Waals surface area contributed by atoms with Gasteiger partial charge in [0, 0.05) is 50.9 Å². The number of likely N-dealkylation sites (tertiary alicyclic amines) is 1. The highest BCUT2D eigenvalue weighted by Crippen LogP contribution is 2.11. The first-order valence-corrected chi connectivity index (χ1v) is 7.81. The van der Waals surface area contributed by atoms with E-state index in [1.165, 1.54) is 51.9 Å². The van der Waals surface area contributed by atoms with Gasteiger partial charge in [0.25, 0.3) is 0 Å². The third kappa shape index (κ3) is 5.11. The van der Waals surface area contributed by atoms with E-state index in [0.29, 0.717) is 5.92 Å². The van der Waals surface area contributed by atoms with Crippen LogP contribution in [-0.2, 0) is 4.84 Å². The second-order valence-electron chi connectivity index (χ2n) is 6.98. The van der Waals surface area contributed by atoms with Crippen molar-refractivity contribution < 1.29 is 9.74 Å². The lowest BCUT2D eigenvalue weighted by molar-refractivity contribution is -0.931. The molecule has 4 nitrogen and oxygen atoms in total. The van der Waals surface area contributed by atoms with Crippen molar-refractivity contribution in [2.24, 2.45) is 11.1 Å². The summed E-state index contributed by atoms with van der Waals surface area (Å²) >= 11 is 0. The van der Waals surface area contributed by atoms with E-state index in [9.17, 15) is 0 Å². The Kier molecular flexibility index (Phi) is 5.22. The molecule has 0 amide bonds. The molecule has 0 spiro atoms. The van der Waals surface area contributed by atoms with Crippen LogP contribution in [0.2, 0.25) is 0 Å². The summed E-state index contributed by atoms with van der Waals surface area (Å²) in [6.07, 6.45) is 7.25. The molecular weight excluding hydrogens is 238 g/mol. The summed E-state index contributed by atoms with van der Waals surface area (Å²) in [5.74, 6) is 0.618. The smallest absolute Gasteiger partial charge is 0.129 e. The van der Waals surface area contributed by atoms with Crippen molar-refractivity contribution >= 4 is 6.21 Å². The molecule has 2 aliphatic heterocycles. The molecule has 0 unspecified atom stereocenters. The predicted octanol–water partition coefficient (Wildman–Crippen LogP) is 0.834. The monoisotopic (exact) mass is 268 g/mol. The molecule has 19 heavy (non-hydrogen) atoms. The molecule has 4 heteroatoms. The highest BCUT2D eigenvalue weighted by molar-refractivity contribution is 5.59. The van der Waals surface area contributed by atoms with Crippen molar-refractivity contribution in [2.75, 3.05) is 26.2 Å². The van der Waals surface area contributed by atoms with Crippen LogP contribution >= 0.6 is 0 Å². The summed E-state index contributed by atoms with van der Waals surface area (Å²) in [5, 5.41) is 7.61. The zero-order chi connectivity index (χ0) is 13.7. The van der Waals surface area contributed by atoms with E-state index in [4.69, 9.17) is 4.84 Å². The van der Waals surface area contributed by atoms with Gasteiger partial charge in [0.2, 0.25) is 0 Å². The topological polar surface area (TPSA) is 38.1 Å². The SMILES string of the molecule is CC(C)(C)O/N=C/C1CC[NH+](C2CCNCC2)CC1. The minimum absolute atomic E-state index is 0.169. The maximum Gasteiger partial charge on any atom is 0.129 e. The molecule has 0 aromatic carbocycles. The average Bonchev–Trinajstić information content (AvgIpc) is 2.39. The van der Waals surface area contributed by atoms with Crippen molar-refractivity contribution in [3.63, 3.8) is 0 Å². The number of oxime groups is 1. The summed E-state index contributed by atoms with van der Waals surface area (Å²) in [5.41, 5.74) is -0.169. The van der Waals surface area contributed by atoms with Gasteiger partial charge in [0.15, 0.2) is 0 Å². The van der Waals surface area contributed by atoms with Gasteiger partial charge in [-0.3, -0.25) is 0 Å². The van der Waals surface area contributed by atoms with Crippen molar-refractivity contribution in [1.82, 2.24) is 5.32 Å². The molecule has 0 aromatic rings. The number of quaternary nitrogens is 1. The summed E-state index contributed by atoms with van der Waals surface area (Å²) < 4.78 is 0. The highest BCUT2D eigenvalue weighted by atomic mass is 16.6. The number of nitrogens with zero attached hydrogens (tertiary/aromatic N) is 1.